The van der Waals surface area contributed by atoms with Gasteiger partial charge in [0, 0.05) is 39.2 Å². The molecular weight excluding hydrogens is 332 g/mol. The Morgan fingerprint density at radius 3 is 2.76 bits per heavy atom. The van der Waals surface area contributed by atoms with Crippen molar-refractivity contribution in [2.75, 3.05) is 0 Å². The Labute approximate surface area is 110 Å². The van der Waals surface area contributed by atoms with Gasteiger partial charge >= 0.3 is 0 Å². The summed E-state index contributed by atoms with van der Waals surface area (Å²) in [6.45, 7) is 0. The number of nitrogens with zero attached hydrogens (tertiary/aromatic N) is 2. The van der Waals surface area contributed by atoms with E-state index in [9.17, 15) is 8.42 Å². The molecule has 0 amide bonds. The highest BCUT2D eigenvalue weighted by Gasteiger charge is 2.13. The number of aromatic nitrogens is 2. The summed E-state index contributed by atoms with van der Waals surface area (Å²) in [4.78, 5) is 3.97. The lowest BCUT2D eigenvalue weighted by Crippen LogP contribution is -1.94. The summed E-state index contributed by atoms with van der Waals surface area (Å²) in [7, 11) is 1.49. The molecule has 5 nitrogen and oxygen atoms in total. The van der Waals surface area contributed by atoms with Gasteiger partial charge < -0.3 is 4.52 Å². The van der Waals surface area contributed by atoms with Gasteiger partial charge in [-0.2, -0.15) is 0 Å². The summed E-state index contributed by atoms with van der Waals surface area (Å²) in [6, 6.07) is 3.30. The molecule has 17 heavy (non-hydrogen) atoms. The van der Waals surface area contributed by atoms with Crippen molar-refractivity contribution in [2.45, 2.75) is 5.75 Å². The third kappa shape index (κ3) is 3.52. The minimum atomic E-state index is -3.63. The van der Waals surface area contributed by atoms with Crippen LogP contribution < -0.4 is 0 Å². The van der Waals surface area contributed by atoms with E-state index in [1.165, 1.54) is 6.07 Å². The van der Waals surface area contributed by atoms with E-state index in [0.717, 1.165) is 4.47 Å². The molecule has 0 aliphatic rings. The second-order valence-corrected chi connectivity index (χ2v) is 6.95. The summed E-state index contributed by atoms with van der Waals surface area (Å²) in [6.07, 6.45) is 3.22. The largest absolute Gasteiger partial charge is 0.356 e. The lowest BCUT2D eigenvalue weighted by molar-refractivity contribution is 0.426. The van der Waals surface area contributed by atoms with Crippen LogP contribution >= 0.6 is 26.6 Å². The summed E-state index contributed by atoms with van der Waals surface area (Å²) < 4.78 is 27.5. The molecule has 2 aromatic rings. The Morgan fingerprint density at radius 2 is 2.12 bits per heavy atom. The summed E-state index contributed by atoms with van der Waals surface area (Å²) in [5.41, 5.74) is 0.958. The standard InChI is InChI=1S/C9H6BrClN2O3S/c10-7-1-6(3-12-4-7)9-2-8(13-16-9)5-17(11,14)15/h1-4H,5H2. The first-order valence-corrected chi connectivity index (χ1v) is 7.70. The Hall–Kier alpha value is -0.920. The average Bonchev–Trinajstić information content (AvgIpc) is 2.63. The summed E-state index contributed by atoms with van der Waals surface area (Å²) in [5.74, 6) is 0.0774. The fourth-order valence-corrected chi connectivity index (χ4v) is 2.43. The van der Waals surface area contributed by atoms with Crippen LogP contribution in [0.5, 0.6) is 0 Å². The zero-order chi connectivity index (χ0) is 12.5. The maximum Gasteiger partial charge on any atom is 0.238 e. The Balaban J connectivity index is 2.30. The minimum absolute atomic E-state index is 0.259. The van der Waals surface area contributed by atoms with Gasteiger partial charge in [-0.3, -0.25) is 4.98 Å². The van der Waals surface area contributed by atoms with Gasteiger partial charge in [0.05, 0.1) is 0 Å². The van der Waals surface area contributed by atoms with Crippen LogP contribution in [-0.4, -0.2) is 18.6 Å². The van der Waals surface area contributed by atoms with Crippen LogP contribution in [0.25, 0.3) is 11.3 Å². The highest BCUT2D eigenvalue weighted by molar-refractivity contribution is 9.10. The van der Waals surface area contributed by atoms with Crippen LogP contribution in [0.1, 0.15) is 5.69 Å². The smallest absolute Gasteiger partial charge is 0.238 e. The SMILES string of the molecule is O=S(=O)(Cl)Cc1cc(-c2cncc(Br)c2)on1. The zero-order valence-electron chi connectivity index (χ0n) is 8.30. The quantitative estimate of drug-likeness (QED) is 0.805. The van der Waals surface area contributed by atoms with Crippen LogP contribution in [0.2, 0.25) is 0 Å². The number of halogens is 2. The second-order valence-electron chi connectivity index (χ2n) is 3.26. The molecule has 0 saturated carbocycles. The van der Waals surface area contributed by atoms with Gasteiger partial charge in [-0.1, -0.05) is 5.16 Å². The van der Waals surface area contributed by atoms with Crippen molar-refractivity contribution in [1.29, 1.82) is 0 Å². The molecule has 2 heterocycles. The van der Waals surface area contributed by atoms with Crippen molar-refractivity contribution in [3.63, 3.8) is 0 Å². The van der Waals surface area contributed by atoms with Crippen LogP contribution in [0.15, 0.2) is 33.5 Å². The van der Waals surface area contributed by atoms with Gasteiger partial charge in [0.15, 0.2) is 5.76 Å². The zero-order valence-corrected chi connectivity index (χ0v) is 11.5. The highest BCUT2D eigenvalue weighted by atomic mass is 79.9. The maximum absolute atomic E-state index is 10.9. The first-order valence-electron chi connectivity index (χ1n) is 4.43. The van der Waals surface area contributed by atoms with Crippen LogP contribution in [0, 0.1) is 0 Å². The molecule has 8 heteroatoms. The molecule has 0 aliphatic carbocycles. The highest BCUT2D eigenvalue weighted by Crippen LogP contribution is 2.23. The van der Waals surface area contributed by atoms with Gasteiger partial charge in [0.25, 0.3) is 0 Å². The van der Waals surface area contributed by atoms with Crippen molar-refractivity contribution in [3.8, 4) is 11.3 Å². The fraction of sp³-hybridized carbons (Fsp3) is 0.111. The van der Waals surface area contributed by atoms with Gasteiger partial charge in [-0.15, -0.1) is 0 Å². The van der Waals surface area contributed by atoms with Crippen LogP contribution in [-0.2, 0) is 14.8 Å². The number of hydrogen-bond donors (Lipinski definition) is 0. The van der Waals surface area contributed by atoms with E-state index in [0.29, 0.717) is 11.3 Å². The average molecular weight is 338 g/mol. The second kappa shape index (κ2) is 4.75. The Morgan fingerprint density at radius 1 is 1.35 bits per heavy atom. The van der Waals surface area contributed by atoms with E-state index in [4.69, 9.17) is 15.2 Å². The van der Waals surface area contributed by atoms with E-state index in [1.54, 1.807) is 18.5 Å². The van der Waals surface area contributed by atoms with E-state index in [-0.39, 0.29) is 11.4 Å². The molecule has 0 radical (unpaired) electrons. The first-order chi connectivity index (χ1) is 7.94. The lowest BCUT2D eigenvalue weighted by Gasteiger charge is -1.94. The first kappa shape index (κ1) is 12.5. The van der Waals surface area contributed by atoms with Crippen molar-refractivity contribution < 1.29 is 12.9 Å². The van der Waals surface area contributed by atoms with Gasteiger partial charge in [-0.25, -0.2) is 8.42 Å². The molecule has 2 rings (SSSR count). The molecule has 0 aliphatic heterocycles. The predicted octanol–water partition coefficient (Wildman–Crippen LogP) is 2.57. The van der Waals surface area contributed by atoms with Crippen molar-refractivity contribution >= 4 is 35.7 Å². The molecule has 0 atom stereocenters. The maximum atomic E-state index is 10.9. The summed E-state index contributed by atoms with van der Waals surface area (Å²) >= 11 is 3.27. The monoisotopic (exact) mass is 336 g/mol. The normalized spacial score (nSPS) is 11.6. The minimum Gasteiger partial charge on any atom is -0.356 e. The Kier molecular flexibility index (Phi) is 3.50. The molecule has 2 aromatic heterocycles. The fourth-order valence-electron chi connectivity index (χ4n) is 1.24. The predicted molar refractivity (Wildman–Crippen MR) is 65.9 cm³/mol. The van der Waals surface area contributed by atoms with Gasteiger partial charge in [-0.05, 0) is 22.0 Å². The van der Waals surface area contributed by atoms with E-state index >= 15 is 0 Å². The number of hydrogen-bond acceptors (Lipinski definition) is 5. The lowest BCUT2D eigenvalue weighted by atomic mass is 10.2. The molecule has 0 aromatic carbocycles. The van der Waals surface area contributed by atoms with Crippen LogP contribution in [0.3, 0.4) is 0 Å². The molecule has 0 unspecified atom stereocenters. The molecule has 0 bridgehead atoms. The molecule has 0 spiro atoms. The van der Waals surface area contributed by atoms with Crippen molar-refractivity contribution in [3.05, 3.63) is 34.7 Å². The molecule has 0 fully saturated rings. The van der Waals surface area contributed by atoms with E-state index in [2.05, 4.69) is 26.1 Å². The molecule has 0 N–H and O–H groups in total. The summed E-state index contributed by atoms with van der Waals surface area (Å²) in [5, 5.41) is 3.63. The molecule has 90 valence electrons. The van der Waals surface area contributed by atoms with Gasteiger partial charge in [0.2, 0.25) is 9.05 Å². The van der Waals surface area contributed by atoms with Crippen molar-refractivity contribution in [1.82, 2.24) is 10.1 Å². The molecule has 0 saturated heterocycles. The van der Waals surface area contributed by atoms with Crippen molar-refractivity contribution in [2.24, 2.45) is 0 Å². The topological polar surface area (TPSA) is 73.1 Å². The van der Waals surface area contributed by atoms with E-state index in [1.807, 2.05) is 0 Å². The van der Waals surface area contributed by atoms with Gasteiger partial charge in [0.1, 0.15) is 11.4 Å². The number of rotatable bonds is 3. The van der Waals surface area contributed by atoms with Crippen LogP contribution in [0.4, 0.5) is 0 Å². The van der Waals surface area contributed by atoms with E-state index < -0.39 is 9.05 Å². The number of pyridine rings is 1. The molecular formula is C9H6BrClN2O3S. The third-order valence-corrected chi connectivity index (χ3v) is 3.27. The third-order valence-electron chi connectivity index (χ3n) is 1.87. The Bertz CT molecular complexity index is 641.